The van der Waals surface area contributed by atoms with Gasteiger partial charge in [0.25, 0.3) is 0 Å². The molecule has 1 aromatic heterocycles. The summed E-state index contributed by atoms with van der Waals surface area (Å²) in [6, 6.07) is 3.68. The lowest BCUT2D eigenvalue weighted by Crippen LogP contribution is -2.18. The molecule has 1 aliphatic carbocycles. The molecular weight excluding hydrogens is 280 g/mol. The number of pyridine rings is 1. The lowest BCUT2D eigenvalue weighted by molar-refractivity contribution is -0.117. The molecule has 0 unspecified atom stereocenters. The van der Waals surface area contributed by atoms with Gasteiger partial charge in [-0.25, -0.2) is 4.98 Å². The highest BCUT2D eigenvalue weighted by Gasteiger charge is 2.17. The minimum Gasteiger partial charge on any atom is -0.324 e. The van der Waals surface area contributed by atoms with Gasteiger partial charge in [0.2, 0.25) is 5.91 Å². The van der Waals surface area contributed by atoms with Gasteiger partial charge in [0.1, 0.15) is 4.60 Å². The van der Waals surface area contributed by atoms with Crippen molar-refractivity contribution >= 4 is 27.5 Å². The maximum absolute atomic E-state index is 11.9. The molecule has 17 heavy (non-hydrogen) atoms. The van der Waals surface area contributed by atoms with E-state index in [9.17, 15) is 4.79 Å². The molecule has 1 saturated carbocycles. The van der Waals surface area contributed by atoms with E-state index in [0.717, 1.165) is 5.69 Å². The number of anilines is 1. The Morgan fingerprint density at radius 3 is 2.88 bits per heavy atom. The maximum Gasteiger partial charge on any atom is 0.224 e. The van der Waals surface area contributed by atoms with Crippen LogP contribution < -0.4 is 5.32 Å². The highest BCUT2D eigenvalue weighted by molar-refractivity contribution is 9.10. The average Bonchev–Trinajstić information content (AvgIpc) is 2.33. The van der Waals surface area contributed by atoms with Crippen molar-refractivity contribution in [1.29, 1.82) is 0 Å². The molecule has 2 rings (SSSR count). The topological polar surface area (TPSA) is 42.0 Å². The van der Waals surface area contributed by atoms with Crippen molar-refractivity contribution in [3.63, 3.8) is 0 Å². The van der Waals surface area contributed by atoms with Gasteiger partial charge < -0.3 is 5.32 Å². The van der Waals surface area contributed by atoms with Gasteiger partial charge >= 0.3 is 0 Å². The highest BCUT2D eigenvalue weighted by Crippen LogP contribution is 2.27. The van der Waals surface area contributed by atoms with Crippen LogP contribution in [0.25, 0.3) is 0 Å². The molecule has 4 heteroatoms. The second kappa shape index (κ2) is 6.15. The summed E-state index contributed by atoms with van der Waals surface area (Å²) in [6.45, 7) is 0. The van der Waals surface area contributed by atoms with Crippen molar-refractivity contribution in [2.24, 2.45) is 5.92 Å². The molecule has 1 aromatic rings. The Bertz CT molecular complexity index is 389. The Morgan fingerprint density at radius 2 is 2.18 bits per heavy atom. The summed E-state index contributed by atoms with van der Waals surface area (Å²) in [6.07, 6.45) is 8.60. The van der Waals surface area contributed by atoms with Crippen LogP contribution >= 0.6 is 15.9 Å². The van der Waals surface area contributed by atoms with Gasteiger partial charge in [-0.05, 0) is 46.8 Å². The van der Waals surface area contributed by atoms with E-state index in [0.29, 0.717) is 16.9 Å². The van der Waals surface area contributed by atoms with E-state index in [1.165, 1.54) is 32.1 Å². The lowest BCUT2D eigenvalue weighted by atomic mass is 9.87. The van der Waals surface area contributed by atoms with Gasteiger partial charge in [-0.1, -0.05) is 19.3 Å². The van der Waals surface area contributed by atoms with Gasteiger partial charge in [-0.2, -0.15) is 0 Å². The molecule has 92 valence electrons. The van der Waals surface area contributed by atoms with Crippen molar-refractivity contribution < 1.29 is 4.79 Å². The number of amides is 1. The molecule has 0 spiro atoms. The molecule has 1 N–H and O–H groups in total. The third-order valence-corrected chi connectivity index (χ3v) is 3.86. The first kappa shape index (κ1) is 12.6. The first-order valence-electron chi connectivity index (χ1n) is 6.16. The number of carbonyl (C=O) groups excluding carboxylic acids is 1. The highest BCUT2D eigenvalue weighted by atomic mass is 79.9. The monoisotopic (exact) mass is 296 g/mol. The third-order valence-electron chi connectivity index (χ3n) is 3.23. The number of halogens is 1. The van der Waals surface area contributed by atoms with Crippen molar-refractivity contribution in [2.45, 2.75) is 38.5 Å². The second-order valence-corrected chi connectivity index (χ2v) is 5.35. The zero-order valence-corrected chi connectivity index (χ0v) is 11.4. The standard InChI is InChI=1S/C13H17BrN2O/c14-13-11(7-4-8-15-13)16-12(17)9-10-5-2-1-3-6-10/h4,7-8,10H,1-3,5-6,9H2,(H,16,17). The van der Waals surface area contributed by atoms with E-state index in [2.05, 4.69) is 26.2 Å². The quantitative estimate of drug-likeness (QED) is 0.863. The van der Waals surface area contributed by atoms with E-state index in [-0.39, 0.29) is 5.91 Å². The fourth-order valence-electron chi connectivity index (χ4n) is 2.33. The van der Waals surface area contributed by atoms with Crippen LogP contribution in [0.15, 0.2) is 22.9 Å². The molecule has 0 aromatic carbocycles. The van der Waals surface area contributed by atoms with E-state index < -0.39 is 0 Å². The van der Waals surface area contributed by atoms with E-state index in [1.54, 1.807) is 6.20 Å². The SMILES string of the molecule is O=C(CC1CCCCC1)Nc1cccnc1Br. The van der Waals surface area contributed by atoms with Gasteiger partial charge in [-0.15, -0.1) is 0 Å². The van der Waals surface area contributed by atoms with Crippen molar-refractivity contribution in [3.05, 3.63) is 22.9 Å². The Labute approximate surface area is 110 Å². The van der Waals surface area contributed by atoms with Crippen molar-refractivity contribution in [3.8, 4) is 0 Å². The molecule has 0 radical (unpaired) electrons. The average molecular weight is 297 g/mol. The smallest absolute Gasteiger partial charge is 0.224 e. The summed E-state index contributed by atoms with van der Waals surface area (Å²) in [4.78, 5) is 16.0. The van der Waals surface area contributed by atoms with Crippen LogP contribution in [0, 0.1) is 5.92 Å². The second-order valence-electron chi connectivity index (χ2n) is 4.60. The van der Waals surface area contributed by atoms with Crippen LogP contribution in [-0.4, -0.2) is 10.9 Å². The summed E-state index contributed by atoms with van der Waals surface area (Å²) in [5.41, 5.74) is 0.758. The largest absolute Gasteiger partial charge is 0.324 e. The predicted octanol–water partition coefficient (Wildman–Crippen LogP) is 3.75. The Hall–Kier alpha value is -0.900. The fraction of sp³-hybridized carbons (Fsp3) is 0.538. The normalized spacial score (nSPS) is 16.8. The molecule has 1 fully saturated rings. The number of hydrogen-bond acceptors (Lipinski definition) is 2. The summed E-state index contributed by atoms with van der Waals surface area (Å²) in [5, 5.41) is 2.91. The minimum absolute atomic E-state index is 0.102. The summed E-state index contributed by atoms with van der Waals surface area (Å²) < 4.78 is 0.692. The molecular formula is C13H17BrN2O. The van der Waals surface area contributed by atoms with Crippen molar-refractivity contribution in [1.82, 2.24) is 4.98 Å². The Balaban J connectivity index is 1.86. The van der Waals surface area contributed by atoms with E-state index in [1.807, 2.05) is 12.1 Å². The van der Waals surface area contributed by atoms with Crippen LogP contribution in [0.2, 0.25) is 0 Å². The van der Waals surface area contributed by atoms with Crippen LogP contribution in [-0.2, 0) is 4.79 Å². The molecule has 0 saturated heterocycles. The molecule has 0 aliphatic heterocycles. The fourth-order valence-corrected chi connectivity index (χ4v) is 2.68. The van der Waals surface area contributed by atoms with Crippen LogP contribution in [0.5, 0.6) is 0 Å². The lowest BCUT2D eigenvalue weighted by Gasteiger charge is -2.20. The van der Waals surface area contributed by atoms with Crippen LogP contribution in [0.1, 0.15) is 38.5 Å². The van der Waals surface area contributed by atoms with Gasteiger partial charge in [0, 0.05) is 12.6 Å². The number of carbonyl (C=O) groups is 1. The first-order chi connectivity index (χ1) is 8.25. The Morgan fingerprint density at radius 1 is 1.41 bits per heavy atom. The number of hydrogen-bond donors (Lipinski definition) is 1. The summed E-state index contributed by atoms with van der Waals surface area (Å²) >= 11 is 3.32. The predicted molar refractivity (Wildman–Crippen MR) is 71.8 cm³/mol. The number of aromatic nitrogens is 1. The number of nitrogens with zero attached hydrogens (tertiary/aromatic N) is 1. The van der Waals surface area contributed by atoms with E-state index >= 15 is 0 Å². The molecule has 1 amide bonds. The zero-order valence-electron chi connectivity index (χ0n) is 9.79. The molecule has 3 nitrogen and oxygen atoms in total. The van der Waals surface area contributed by atoms with Gasteiger partial charge in [0.15, 0.2) is 0 Å². The summed E-state index contributed by atoms with van der Waals surface area (Å²) in [5.74, 6) is 0.671. The number of rotatable bonds is 3. The van der Waals surface area contributed by atoms with Crippen LogP contribution in [0.4, 0.5) is 5.69 Å². The minimum atomic E-state index is 0.102. The molecule has 0 atom stereocenters. The van der Waals surface area contributed by atoms with Gasteiger partial charge in [-0.3, -0.25) is 4.79 Å². The number of nitrogens with one attached hydrogen (secondary N) is 1. The molecule has 1 aliphatic rings. The van der Waals surface area contributed by atoms with E-state index in [4.69, 9.17) is 0 Å². The zero-order chi connectivity index (χ0) is 12.1. The Kier molecular flexibility index (Phi) is 4.54. The van der Waals surface area contributed by atoms with Gasteiger partial charge in [0.05, 0.1) is 5.69 Å². The molecule has 0 bridgehead atoms. The molecule has 1 heterocycles. The van der Waals surface area contributed by atoms with Crippen molar-refractivity contribution in [2.75, 3.05) is 5.32 Å². The summed E-state index contributed by atoms with van der Waals surface area (Å²) in [7, 11) is 0. The third kappa shape index (κ3) is 3.80. The van der Waals surface area contributed by atoms with Crippen LogP contribution in [0.3, 0.4) is 0 Å². The first-order valence-corrected chi connectivity index (χ1v) is 6.95. The maximum atomic E-state index is 11.9.